The van der Waals surface area contributed by atoms with Crippen LogP contribution in [0.25, 0.3) is 16.9 Å². The van der Waals surface area contributed by atoms with E-state index >= 15 is 0 Å². The summed E-state index contributed by atoms with van der Waals surface area (Å²) in [5, 5.41) is 16.5. The molecule has 1 N–H and O–H groups in total. The molecule has 9 heteroatoms. The predicted molar refractivity (Wildman–Crippen MR) is 123 cm³/mol. The van der Waals surface area contributed by atoms with E-state index in [0.29, 0.717) is 17.3 Å². The molecule has 1 amide bonds. The maximum Gasteiger partial charge on any atom is 0.230 e. The molecule has 0 aliphatic carbocycles. The Morgan fingerprint density at radius 3 is 2.31 bits per heavy atom. The number of aromatic nitrogens is 4. The highest BCUT2D eigenvalue weighted by molar-refractivity contribution is 7.99. The minimum Gasteiger partial charge on any atom is -0.497 e. The number of carbonyl (C=O) groups excluding carboxylic acids is 1. The Bertz CT molecular complexity index is 1190. The number of hydrogen-bond donors (Lipinski definition) is 1. The van der Waals surface area contributed by atoms with Crippen LogP contribution in [0.3, 0.4) is 0 Å². The van der Waals surface area contributed by atoms with E-state index in [-0.39, 0.29) is 11.7 Å². The van der Waals surface area contributed by atoms with Gasteiger partial charge in [0.15, 0.2) is 5.65 Å². The molecule has 32 heavy (non-hydrogen) atoms. The third-order valence-corrected chi connectivity index (χ3v) is 5.77. The quantitative estimate of drug-likeness (QED) is 0.392. The number of nitrogens with one attached hydrogen (secondary N) is 1. The van der Waals surface area contributed by atoms with Crippen LogP contribution in [0.4, 0.5) is 0 Å². The van der Waals surface area contributed by atoms with Gasteiger partial charge in [-0.1, -0.05) is 23.9 Å². The number of hydrogen-bond acceptors (Lipinski definition) is 7. The summed E-state index contributed by atoms with van der Waals surface area (Å²) in [5.41, 5.74) is 3.50. The van der Waals surface area contributed by atoms with Crippen LogP contribution in [-0.2, 0) is 11.2 Å². The van der Waals surface area contributed by atoms with Gasteiger partial charge in [-0.15, -0.1) is 10.2 Å². The number of thioether (sulfide) groups is 1. The zero-order chi connectivity index (χ0) is 22.3. The summed E-state index contributed by atoms with van der Waals surface area (Å²) in [7, 11) is 3.27. The summed E-state index contributed by atoms with van der Waals surface area (Å²) >= 11 is 1.30. The molecule has 4 rings (SSSR count). The highest BCUT2D eigenvalue weighted by Crippen LogP contribution is 2.22. The van der Waals surface area contributed by atoms with Crippen molar-refractivity contribution in [3.8, 4) is 22.8 Å². The second-order valence-electron chi connectivity index (χ2n) is 6.94. The molecule has 0 fully saturated rings. The number of fused-ring (bicyclic) bond motifs is 1. The maximum atomic E-state index is 12.3. The Morgan fingerprint density at radius 2 is 1.62 bits per heavy atom. The van der Waals surface area contributed by atoms with Crippen molar-refractivity contribution in [2.75, 3.05) is 26.5 Å². The van der Waals surface area contributed by atoms with Gasteiger partial charge in [-0.05, 0) is 60.5 Å². The molecular formula is C23H23N5O3S. The first-order chi connectivity index (χ1) is 15.7. The fraction of sp³-hybridized carbons (Fsp3) is 0.217. The summed E-state index contributed by atoms with van der Waals surface area (Å²) in [6.07, 6.45) is 0.751. The van der Waals surface area contributed by atoms with Crippen LogP contribution in [0.1, 0.15) is 5.56 Å². The van der Waals surface area contributed by atoms with Gasteiger partial charge in [-0.3, -0.25) is 4.79 Å². The van der Waals surface area contributed by atoms with Crippen molar-refractivity contribution < 1.29 is 14.3 Å². The summed E-state index contributed by atoms with van der Waals surface area (Å²) in [5.74, 6) is 1.77. The molecule has 0 aliphatic rings. The highest BCUT2D eigenvalue weighted by Gasteiger charge is 2.12. The summed E-state index contributed by atoms with van der Waals surface area (Å²) < 4.78 is 12.0. The van der Waals surface area contributed by atoms with Crippen molar-refractivity contribution in [2.24, 2.45) is 0 Å². The first kappa shape index (κ1) is 21.6. The molecule has 4 aromatic rings. The SMILES string of the molecule is COc1ccc(CCNC(=O)CSc2nnc3ccc(-c4ccc(OC)cc4)nn23)cc1. The van der Waals surface area contributed by atoms with Crippen LogP contribution in [-0.4, -0.2) is 52.2 Å². The van der Waals surface area contributed by atoms with Crippen molar-refractivity contribution in [1.29, 1.82) is 0 Å². The molecule has 0 aliphatic heterocycles. The van der Waals surface area contributed by atoms with Gasteiger partial charge in [0.25, 0.3) is 0 Å². The highest BCUT2D eigenvalue weighted by atomic mass is 32.2. The molecule has 164 valence electrons. The van der Waals surface area contributed by atoms with E-state index in [4.69, 9.17) is 9.47 Å². The van der Waals surface area contributed by atoms with E-state index in [2.05, 4.69) is 20.6 Å². The Hall–Kier alpha value is -3.59. The fourth-order valence-corrected chi connectivity index (χ4v) is 3.81. The Balaban J connectivity index is 1.34. The van der Waals surface area contributed by atoms with Crippen LogP contribution in [0.2, 0.25) is 0 Å². The maximum absolute atomic E-state index is 12.3. The van der Waals surface area contributed by atoms with Crippen LogP contribution >= 0.6 is 11.8 Å². The largest absolute Gasteiger partial charge is 0.497 e. The smallest absolute Gasteiger partial charge is 0.230 e. The molecule has 2 aromatic carbocycles. The zero-order valence-electron chi connectivity index (χ0n) is 17.8. The van der Waals surface area contributed by atoms with Gasteiger partial charge in [0, 0.05) is 12.1 Å². The van der Waals surface area contributed by atoms with E-state index in [1.54, 1.807) is 18.7 Å². The summed E-state index contributed by atoms with van der Waals surface area (Å²) in [6.45, 7) is 0.562. The Morgan fingerprint density at radius 1 is 0.938 bits per heavy atom. The first-order valence-electron chi connectivity index (χ1n) is 10.1. The Labute approximate surface area is 190 Å². The predicted octanol–water partition coefficient (Wildman–Crippen LogP) is 3.26. The average molecular weight is 450 g/mol. The average Bonchev–Trinajstić information content (AvgIpc) is 3.25. The minimum absolute atomic E-state index is 0.0634. The third kappa shape index (κ3) is 5.17. The van der Waals surface area contributed by atoms with Crippen molar-refractivity contribution in [2.45, 2.75) is 11.6 Å². The summed E-state index contributed by atoms with van der Waals surface area (Å²) in [6, 6.07) is 19.2. The molecular weight excluding hydrogens is 426 g/mol. The van der Waals surface area contributed by atoms with E-state index < -0.39 is 0 Å². The van der Waals surface area contributed by atoms with E-state index in [0.717, 1.165) is 34.7 Å². The molecule has 0 spiro atoms. The zero-order valence-corrected chi connectivity index (χ0v) is 18.6. The van der Waals surface area contributed by atoms with E-state index in [1.165, 1.54) is 11.8 Å². The molecule has 0 radical (unpaired) electrons. The molecule has 0 saturated heterocycles. The Kier molecular flexibility index (Phi) is 6.86. The fourth-order valence-electron chi connectivity index (χ4n) is 3.09. The normalized spacial score (nSPS) is 10.8. The van der Waals surface area contributed by atoms with Crippen LogP contribution in [0.5, 0.6) is 11.5 Å². The molecule has 0 bridgehead atoms. The van der Waals surface area contributed by atoms with E-state index in [9.17, 15) is 4.79 Å². The number of nitrogens with zero attached hydrogens (tertiary/aromatic N) is 4. The molecule has 0 atom stereocenters. The number of methoxy groups -OCH3 is 2. The van der Waals surface area contributed by atoms with Gasteiger partial charge < -0.3 is 14.8 Å². The van der Waals surface area contributed by atoms with Gasteiger partial charge in [0.1, 0.15) is 11.5 Å². The lowest BCUT2D eigenvalue weighted by Gasteiger charge is -2.06. The van der Waals surface area contributed by atoms with Crippen molar-refractivity contribution in [3.63, 3.8) is 0 Å². The van der Waals surface area contributed by atoms with Crippen LogP contribution < -0.4 is 14.8 Å². The van der Waals surface area contributed by atoms with Crippen molar-refractivity contribution in [1.82, 2.24) is 25.1 Å². The van der Waals surface area contributed by atoms with Gasteiger partial charge >= 0.3 is 0 Å². The second-order valence-corrected chi connectivity index (χ2v) is 7.88. The number of rotatable bonds is 9. The molecule has 0 saturated carbocycles. The molecule has 2 heterocycles. The lowest BCUT2D eigenvalue weighted by atomic mass is 10.1. The van der Waals surface area contributed by atoms with Crippen LogP contribution in [0, 0.1) is 0 Å². The number of carbonyl (C=O) groups is 1. The first-order valence-corrected chi connectivity index (χ1v) is 11.0. The van der Waals surface area contributed by atoms with Crippen LogP contribution in [0.15, 0.2) is 65.8 Å². The van der Waals surface area contributed by atoms with Crippen molar-refractivity contribution >= 4 is 23.3 Å². The minimum atomic E-state index is -0.0634. The topological polar surface area (TPSA) is 90.6 Å². The molecule has 0 unspecified atom stereocenters. The number of benzene rings is 2. The van der Waals surface area contributed by atoms with E-state index in [1.807, 2.05) is 60.7 Å². The number of ether oxygens (including phenoxy) is 2. The van der Waals surface area contributed by atoms with Crippen molar-refractivity contribution in [3.05, 3.63) is 66.2 Å². The van der Waals surface area contributed by atoms with Gasteiger partial charge in [0.05, 0.1) is 25.7 Å². The summed E-state index contributed by atoms with van der Waals surface area (Å²) in [4.78, 5) is 12.3. The van der Waals surface area contributed by atoms with Gasteiger partial charge in [0.2, 0.25) is 11.1 Å². The van der Waals surface area contributed by atoms with Gasteiger partial charge in [-0.2, -0.15) is 9.61 Å². The van der Waals surface area contributed by atoms with Gasteiger partial charge in [-0.25, -0.2) is 0 Å². The lowest BCUT2D eigenvalue weighted by molar-refractivity contribution is -0.118. The standard InChI is InChI=1S/C23H23N5O3S/c1-30-18-7-3-16(4-8-18)13-14-24-22(29)15-32-23-26-25-21-12-11-20(27-28(21)23)17-5-9-19(31-2)10-6-17/h3-12H,13-15H2,1-2H3,(H,24,29). The third-order valence-electron chi connectivity index (χ3n) is 4.85. The second kappa shape index (κ2) is 10.1. The lowest BCUT2D eigenvalue weighted by Crippen LogP contribution is -2.27. The molecule has 2 aromatic heterocycles. The molecule has 8 nitrogen and oxygen atoms in total. The number of amides is 1. The monoisotopic (exact) mass is 449 g/mol.